The van der Waals surface area contributed by atoms with E-state index in [1.165, 1.54) is 12.1 Å². The highest BCUT2D eigenvalue weighted by molar-refractivity contribution is 7.94. The highest BCUT2D eigenvalue weighted by Crippen LogP contribution is 2.28. The van der Waals surface area contributed by atoms with E-state index < -0.39 is 21.8 Å². The summed E-state index contributed by atoms with van der Waals surface area (Å²) in [6.45, 7) is 1.90. The van der Waals surface area contributed by atoms with Crippen LogP contribution in [0.25, 0.3) is 0 Å². The first-order valence-corrected chi connectivity index (χ1v) is 9.33. The molecule has 130 valence electrons. The van der Waals surface area contributed by atoms with Crippen molar-refractivity contribution >= 4 is 27.5 Å². The quantitative estimate of drug-likeness (QED) is 0.888. The standard InChI is InChI=1S/C17H17N3O4S/c1-12-11-25(23,24)20(17(12)22)15-4-2-3-14(9-15)16(21)19-10-13-5-7-18-8-6-13/h2-9,12H,10-11H2,1H3,(H,19,21). The first-order valence-electron chi connectivity index (χ1n) is 7.72. The van der Waals surface area contributed by atoms with E-state index in [1.807, 2.05) is 0 Å². The van der Waals surface area contributed by atoms with Crippen LogP contribution in [0, 0.1) is 5.92 Å². The van der Waals surface area contributed by atoms with Crippen molar-refractivity contribution in [3.8, 4) is 0 Å². The second-order valence-corrected chi connectivity index (χ2v) is 7.73. The van der Waals surface area contributed by atoms with E-state index in [4.69, 9.17) is 0 Å². The highest BCUT2D eigenvalue weighted by Gasteiger charge is 2.42. The van der Waals surface area contributed by atoms with Gasteiger partial charge in [0.25, 0.3) is 5.91 Å². The van der Waals surface area contributed by atoms with Crippen molar-refractivity contribution in [2.24, 2.45) is 5.92 Å². The molecule has 1 saturated heterocycles. The number of aromatic nitrogens is 1. The molecular weight excluding hydrogens is 342 g/mol. The Balaban J connectivity index is 1.80. The number of anilines is 1. The van der Waals surface area contributed by atoms with Crippen LogP contribution < -0.4 is 9.62 Å². The fourth-order valence-corrected chi connectivity index (χ4v) is 4.46. The number of rotatable bonds is 4. The maximum absolute atomic E-state index is 12.3. The largest absolute Gasteiger partial charge is 0.348 e. The summed E-state index contributed by atoms with van der Waals surface area (Å²) in [5.41, 5.74) is 1.37. The van der Waals surface area contributed by atoms with Crippen molar-refractivity contribution < 1.29 is 18.0 Å². The van der Waals surface area contributed by atoms with E-state index in [0.29, 0.717) is 6.54 Å². The summed E-state index contributed by atoms with van der Waals surface area (Å²) in [6, 6.07) is 9.62. The number of nitrogens with one attached hydrogen (secondary N) is 1. The molecule has 0 spiro atoms. The summed E-state index contributed by atoms with van der Waals surface area (Å²) in [5.74, 6) is -1.64. The van der Waals surface area contributed by atoms with Gasteiger partial charge in [0.15, 0.2) is 0 Å². The first kappa shape index (κ1) is 17.1. The number of hydrogen-bond donors (Lipinski definition) is 1. The summed E-state index contributed by atoms with van der Waals surface area (Å²) in [7, 11) is -3.69. The first-order chi connectivity index (χ1) is 11.9. The molecule has 2 amide bonds. The minimum absolute atomic E-state index is 0.186. The van der Waals surface area contributed by atoms with Crippen molar-refractivity contribution in [3.05, 3.63) is 59.9 Å². The molecule has 0 bridgehead atoms. The van der Waals surface area contributed by atoms with Crippen molar-refractivity contribution in [3.63, 3.8) is 0 Å². The fourth-order valence-electron chi connectivity index (χ4n) is 2.65. The van der Waals surface area contributed by atoms with Gasteiger partial charge in [-0.05, 0) is 35.9 Å². The molecule has 8 heteroatoms. The van der Waals surface area contributed by atoms with Gasteiger partial charge in [-0.1, -0.05) is 13.0 Å². The SMILES string of the molecule is CC1CS(=O)(=O)N(c2cccc(C(=O)NCc3ccncc3)c2)C1=O. The van der Waals surface area contributed by atoms with Crippen LogP contribution in [0.2, 0.25) is 0 Å². The van der Waals surface area contributed by atoms with Crippen molar-refractivity contribution in [1.29, 1.82) is 0 Å². The van der Waals surface area contributed by atoms with E-state index in [1.54, 1.807) is 43.6 Å². The minimum Gasteiger partial charge on any atom is -0.348 e. The molecule has 2 aromatic rings. The van der Waals surface area contributed by atoms with E-state index >= 15 is 0 Å². The van der Waals surface area contributed by atoms with Gasteiger partial charge in [-0.3, -0.25) is 14.6 Å². The van der Waals surface area contributed by atoms with Crippen LogP contribution in [-0.2, 0) is 21.4 Å². The van der Waals surface area contributed by atoms with Crippen molar-refractivity contribution in [2.45, 2.75) is 13.5 Å². The van der Waals surface area contributed by atoms with Crippen molar-refractivity contribution in [2.75, 3.05) is 10.1 Å². The lowest BCUT2D eigenvalue weighted by Crippen LogP contribution is -2.30. The van der Waals surface area contributed by atoms with Gasteiger partial charge in [0.2, 0.25) is 15.9 Å². The normalized spacial score (nSPS) is 19.0. The van der Waals surface area contributed by atoms with Gasteiger partial charge in [0.1, 0.15) is 0 Å². The lowest BCUT2D eigenvalue weighted by Gasteiger charge is -2.16. The van der Waals surface area contributed by atoms with Crippen LogP contribution in [0.4, 0.5) is 5.69 Å². The zero-order valence-electron chi connectivity index (χ0n) is 13.5. The lowest BCUT2D eigenvalue weighted by atomic mass is 10.1. The second-order valence-electron chi connectivity index (χ2n) is 5.87. The van der Waals surface area contributed by atoms with Crippen LogP contribution in [0.1, 0.15) is 22.8 Å². The number of carbonyl (C=O) groups excluding carboxylic acids is 2. The number of hydrogen-bond acceptors (Lipinski definition) is 5. The number of sulfonamides is 1. The Morgan fingerprint density at radius 1 is 1.28 bits per heavy atom. The molecule has 1 fully saturated rings. The zero-order valence-corrected chi connectivity index (χ0v) is 14.4. The topological polar surface area (TPSA) is 96.4 Å². The molecule has 1 aliphatic heterocycles. The monoisotopic (exact) mass is 359 g/mol. The molecule has 1 aliphatic rings. The maximum Gasteiger partial charge on any atom is 0.251 e. The molecule has 3 rings (SSSR count). The molecule has 1 aromatic carbocycles. The van der Waals surface area contributed by atoms with Gasteiger partial charge >= 0.3 is 0 Å². The Labute approximate surface area is 145 Å². The van der Waals surface area contributed by atoms with Crippen LogP contribution in [0.15, 0.2) is 48.8 Å². The van der Waals surface area contributed by atoms with Crippen molar-refractivity contribution in [1.82, 2.24) is 10.3 Å². The summed E-state index contributed by atoms with van der Waals surface area (Å²) in [5, 5.41) is 2.75. The minimum atomic E-state index is -3.69. The Hall–Kier alpha value is -2.74. The zero-order chi connectivity index (χ0) is 18.0. The van der Waals surface area contributed by atoms with E-state index in [0.717, 1.165) is 9.87 Å². The second kappa shape index (κ2) is 6.64. The highest BCUT2D eigenvalue weighted by atomic mass is 32.2. The van der Waals surface area contributed by atoms with E-state index in [-0.39, 0.29) is 22.9 Å². The Morgan fingerprint density at radius 3 is 2.64 bits per heavy atom. The van der Waals surface area contributed by atoms with Crippen LogP contribution in [0.3, 0.4) is 0 Å². The maximum atomic E-state index is 12.3. The van der Waals surface area contributed by atoms with Crippen LogP contribution in [0.5, 0.6) is 0 Å². The summed E-state index contributed by atoms with van der Waals surface area (Å²) in [6.07, 6.45) is 3.26. The molecule has 0 saturated carbocycles. The molecule has 1 atom stereocenters. The molecule has 1 aromatic heterocycles. The molecule has 2 heterocycles. The van der Waals surface area contributed by atoms with Crippen LogP contribution >= 0.6 is 0 Å². The number of pyridine rings is 1. The van der Waals surface area contributed by atoms with Gasteiger partial charge in [-0.25, -0.2) is 12.7 Å². The molecule has 0 aliphatic carbocycles. The Morgan fingerprint density at radius 2 is 2.00 bits per heavy atom. The predicted octanol–water partition coefficient (Wildman–Crippen LogP) is 1.32. The molecule has 1 N–H and O–H groups in total. The van der Waals surface area contributed by atoms with Gasteiger partial charge in [-0.2, -0.15) is 0 Å². The van der Waals surface area contributed by atoms with E-state index in [2.05, 4.69) is 10.3 Å². The number of nitrogens with zero attached hydrogens (tertiary/aromatic N) is 2. The summed E-state index contributed by atoms with van der Waals surface area (Å²) >= 11 is 0. The average Bonchev–Trinajstić information content (AvgIpc) is 2.81. The number of benzene rings is 1. The molecule has 25 heavy (non-hydrogen) atoms. The van der Waals surface area contributed by atoms with Crippen LogP contribution in [-0.4, -0.2) is 31.0 Å². The molecule has 7 nitrogen and oxygen atoms in total. The smallest absolute Gasteiger partial charge is 0.251 e. The molecule has 1 unspecified atom stereocenters. The third-order valence-electron chi connectivity index (χ3n) is 3.91. The average molecular weight is 359 g/mol. The third-order valence-corrected chi connectivity index (χ3v) is 5.77. The van der Waals surface area contributed by atoms with E-state index in [9.17, 15) is 18.0 Å². The Kier molecular flexibility index (Phi) is 4.54. The van der Waals surface area contributed by atoms with Gasteiger partial charge in [0, 0.05) is 24.5 Å². The predicted molar refractivity (Wildman–Crippen MR) is 92.3 cm³/mol. The van der Waals surface area contributed by atoms with Gasteiger partial charge in [0.05, 0.1) is 17.4 Å². The molecule has 0 radical (unpaired) electrons. The summed E-state index contributed by atoms with van der Waals surface area (Å²) < 4.78 is 25.1. The lowest BCUT2D eigenvalue weighted by molar-refractivity contribution is -0.119. The van der Waals surface area contributed by atoms with Gasteiger partial charge < -0.3 is 5.32 Å². The Bertz CT molecular complexity index is 913. The van der Waals surface area contributed by atoms with Gasteiger partial charge in [-0.15, -0.1) is 0 Å². The number of carbonyl (C=O) groups is 2. The third kappa shape index (κ3) is 3.53. The number of amides is 2. The fraction of sp³-hybridized carbons (Fsp3) is 0.235. The molecular formula is C17H17N3O4S. The summed E-state index contributed by atoms with van der Waals surface area (Å²) in [4.78, 5) is 28.4.